The van der Waals surface area contributed by atoms with Crippen molar-refractivity contribution in [1.82, 2.24) is 10.6 Å². The highest BCUT2D eigenvalue weighted by atomic mass is 32.2. The summed E-state index contributed by atoms with van der Waals surface area (Å²) in [6, 6.07) is 5.22. The van der Waals surface area contributed by atoms with Gasteiger partial charge in [0.05, 0.1) is 5.69 Å². The molecule has 1 rings (SSSR count). The number of nitrogens with zero attached hydrogens (tertiary/aromatic N) is 1. The lowest BCUT2D eigenvalue weighted by Gasteiger charge is -2.21. The maximum atomic E-state index is 13.7. The van der Waals surface area contributed by atoms with Crippen LogP contribution in [-0.4, -0.2) is 50.1 Å². The fourth-order valence-corrected chi connectivity index (χ4v) is 2.68. The number of rotatable bonds is 10. The Hall–Kier alpha value is -1.96. The van der Waals surface area contributed by atoms with E-state index in [9.17, 15) is 14.0 Å². The number of thioether (sulfide) groups is 1. The minimum atomic E-state index is -0.712. The Morgan fingerprint density at radius 3 is 2.71 bits per heavy atom. The number of nitrogens with two attached hydrogens (primary N) is 1. The Morgan fingerprint density at radius 2 is 2.08 bits per heavy atom. The molecule has 0 heterocycles. The molecule has 1 aromatic rings. The largest absolute Gasteiger partial charge is 0.372 e. The van der Waals surface area contributed by atoms with Crippen LogP contribution in [-0.2, 0) is 4.79 Å². The van der Waals surface area contributed by atoms with Gasteiger partial charge in [0.2, 0.25) is 5.91 Å². The number of carbonyl (C=O) groups excluding carboxylic acids is 2. The molecule has 6 nitrogen and oxygen atoms in total. The third kappa shape index (κ3) is 7.08. The SMILES string of the molecule is CSCC[C@@H](NC(N)=O)C(=O)NCCCN(C)c1ccccc1F. The average Bonchev–Trinajstić information content (AvgIpc) is 2.55. The zero-order chi connectivity index (χ0) is 17.9. The zero-order valence-electron chi connectivity index (χ0n) is 14.0. The van der Waals surface area contributed by atoms with Crippen molar-refractivity contribution in [3.63, 3.8) is 0 Å². The molecule has 0 aliphatic carbocycles. The number of nitrogens with one attached hydrogen (secondary N) is 2. The number of hydrogen-bond acceptors (Lipinski definition) is 4. The first-order valence-corrected chi connectivity index (χ1v) is 9.13. The Labute approximate surface area is 146 Å². The van der Waals surface area contributed by atoms with Gasteiger partial charge in [-0.15, -0.1) is 0 Å². The number of carbonyl (C=O) groups is 2. The quantitative estimate of drug-likeness (QED) is 0.555. The van der Waals surface area contributed by atoms with E-state index in [1.165, 1.54) is 6.07 Å². The Bertz CT molecular complexity index is 545. The summed E-state index contributed by atoms with van der Waals surface area (Å²) in [6.07, 6.45) is 3.10. The molecule has 0 spiro atoms. The Balaban J connectivity index is 2.38. The summed E-state index contributed by atoms with van der Waals surface area (Å²) >= 11 is 1.59. The second-order valence-corrected chi connectivity index (χ2v) is 6.35. The molecule has 4 N–H and O–H groups in total. The third-order valence-corrected chi connectivity index (χ3v) is 4.12. The second-order valence-electron chi connectivity index (χ2n) is 5.36. The first-order chi connectivity index (χ1) is 11.5. The van der Waals surface area contributed by atoms with Gasteiger partial charge in [0.1, 0.15) is 11.9 Å². The number of halogens is 1. The summed E-state index contributed by atoms with van der Waals surface area (Å²) in [7, 11) is 1.80. The molecule has 0 aliphatic rings. The zero-order valence-corrected chi connectivity index (χ0v) is 14.9. The van der Waals surface area contributed by atoms with Crippen LogP contribution in [0.2, 0.25) is 0 Å². The van der Waals surface area contributed by atoms with E-state index < -0.39 is 12.1 Å². The van der Waals surface area contributed by atoms with Crippen molar-refractivity contribution in [3.05, 3.63) is 30.1 Å². The molecule has 1 aromatic carbocycles. The van der Waals surface area contributed by atoms with Crippen molar-refractivity contribution in [2.24, 2.45) is 5.73 Å². The molecule has 1 atom stereocenters. The van der Waals surface area contributed by atoms with Crippen molar-refractivity contribution in [3.8, 4) is 0 Å². The van der Waals surface area contributed by atoms with Gasteiger partial charge in [-0.25, -0.2) is 9.18 Å². The van der Waals surface area contributed by atoms with Gasteiger partial charge >= 0.3 is 6.03 Å². The molecule has 0 unspecified atom stereocenters. The van der Waals surface area contributed by atoms with Crippen LogP contribution in [0.3, 0.4) is 0 Å². The van der Waals surface area contributed by atoms with Crippen LogP contribution in [0, 0.1) is 5.82 Å². The molecule has 0 fully saturated rings. The fourth-order valence-electron chi connectivity index (χ4n) is 2.21. The number of amides is 3. The smallest absolute Gasteiger partial charge is 0.312 e. The van der Waals surface area contributed by atoms with Crippen LogP contribution in [0.1, 0.15) is 12.8 Å². The normalized spacial score (nSPS) is 11.6. The van der Waals surface area contributed by atoms with Gasteiger partial charge < -0.3 is 21.3 Å². The lowest BCUT2D eigenvalue weighted by atomic mass is 10.2. The summed E-state index contributed by atoms with van der Waals surface area (Å²) < 4.78 is 13.7. The van der Waals surface area contributed by atoms with E-state index in [4.69, 9.17) is 5.73 Å². The van der Waals surface area contributed by atoms with E-state index >= 15 is 0 Å². The average molecular weight is 356 g/mol. The Morgan fingerprint density at radius 1 is 1.38 bits per heavy atom. The number of benzene rings is 1. The van der Waals surface area contributed by atoms with Gasteiger partial charge in [-0.05, 0) is 37.0 Å². The second kappa shape index (κ2) is 10.7. The number of para-hydroxylation sites is 1. The van der Waals surface area contributed by atoms with Crippen LogP contribution in [0.25, 0.3) is 0 Å². The van der Waals surface area contributed by atoms with Crippen LogP contribution in [0.4, 0.5) is 14.9 Å². The number of primary amides is 1. The number of anilines is 1. The molecule has 0 saturated heterocycles. The molecule has 0 aromatic heterocycles. The first kappa shape index (κ1) is 20.1. The van der Waals surface area contributed by atoms with E-state index in [-0.39, 0.29) is 11.7 Å². The van der Waals surface area contributed by atoms with Crippen LogP contribution < -0.4 is 21.3 Å². The van der Waals surface area contributed by atoms with Gasteiger partial charge in [-0.1, -0.05) is 12.1 Å². The maximum absolute atomic E-state index is 13.7. The van der Waals surface area contributed by atoms with Gasteiger partial charge in [-0.3, -0.25) is 4.79 Å². The topological polar surface area (TPSA) is 87.5 Å². The third-order valence-electron chi connectivity index (χ3n) is 3.48. The van der Waals surface area contributed by atoms with Crippen molar-refractivity contribution in [2.45, 2.75) is 18.9 Å². The minimum Gasteiger partial charge on any atom is -0.372 e. The monoisotopic (exact) mass is 356 g/mol. The van der Waals surface area contributed by atoms with E-state index in [1.54, 1.807) is 41.9 Å². The molecule has 0 radical (unpaired) electrons. The van der Waals surface area contributed by atoms with E-state index in [1.807, 2.05) is 6.26 Å². The van der Waals surface area contributed by atoms with E-state index in [0.717, 1.165) is 5.75 Å². The van der Waals surface area contributed by atoms with Crippen LogP contribution in [0.5, 0.6) is 0 Å². The maximum Gasteiger partial charge on any atom is 0.312 e. The van der Waals surface area contributed by atoms with Gasteiger partial charge in [-0.2, -0.15) is 11.8 Å². The summed E-state index contributed by atoms with van der Waals surface area (Å²) in [5, 5.41) is 5.23. The molecule has 3 amide bonds. The predicted molar refractivity (Wildman–Crippen MR) is 96.8 cm³/mol. The Kier molecular flexibility index (Phi) is 8.99. The van der Waals surface area contributed by atoms with Crippen molar-refractivity contribution >= 4 is 29.4 Å². The molecule has 0 saturated carbocycles. The lowest BCUT2D eigenvalue weighted by Crippen LogP contribution is -2.49. The predicted octanol–water partition coefficient (Wildman–Crippen LogP) is 1.56. The van der Waals surface area contributed by atoms with Crippen molar-refractivity contribution < 1.29 is 14.0 Å². The summed E-state index contributed by atoms with van der Waals surface area (Å²) in [4.78, 5) is 24.9. The van der Waals surface area contributed by atoms with Gasteiger partial charge in [0.25, 0.3) is 0 Å². The summed E-state index contributed by atoms with van der Waals surface area (Å²) in [5.74, 6) is 0.220. The van der Waals surface area contributed by atoms with Crippen LogP contribution in [0.15, 0.2) is 24.3 Å². The van der Waals surface area contributed by atoms with Gasteiger partial charge in [0, 0.05) is 20.1 Å². The molecule has 24 heavy (non-hydrogen) atoms. The van der Waals surface area contributed by atoms with Crippen molar-refractivity contribution in [1.29, 1.82) is 0 Å². The highest BCUT2D eigenvalue weighted by Crippen LogP contribution is 2.16. The van der Waals surface area contributed by atoms with Crippen LogP contribution >= 0.6 is 11.8 Å². The highest BCUT2D eigenvalue weighted by Gasteiger charge is 2.18. The molecular weight excluding hydrogens is 331 g/mol. The number of urea groups is 1. The van der Waals surface area contributed by atoms with E-state index in [0.29, 0.717) is 31.6 Å². The molecule has 134 valence electrons. The summed E-state index contributed by atoms with van der Waals surface area (Å²) in [5.41, 5.74) is 5.62. The molecule has 8 heteroatoms. The number of hydrogen-bond donors (Lipinski definition) is 3. The fraction of sp³-hybridized carbons (Fsp3) is 0.500. The van der Waals surface area contributed by atoms with Gasteiger partial charge in [0.15, 0.2) is 0 Å². The van der Waals surface area contributed by atoms with Crippen molar-refractivity contribution in [2.75, 3.05) is 37.0 Å². The lowest BCUT2D eigenvalue weighted by molar-refractivity contribution is -0.122. The molecule has 0 aliphatic heterocycles. The highest BCUT2D eigenvalue weighted by molar-refractivity contribution is 7.98. The van der Waals surface area contributed by atoms with E-state index in [2.05, 4.69) is 10.6 Å². The molecule has 0 bridgehead atoms. The molecular formula is C16H25FN4O2S. The minimum absolute atomic E-state index is 0.253. The standard InChI is InChI=1S/C16H25FN4O2S/c1-21(14-7-4-3-6-12(14)17)10-5-9-19-15(22)13(8-11-24-2)20-16(18)23/h3-4,6-7,13H,5,8-11H2,1-2H3,(H,19,22)(H3,18,20,23)/t13-/m1/s1. The first-order valence-electron chi connectivity index (χ1n) is 7.74. The summed E-state index contributed by atoms with van der Waals surface area (Å²) in [6.45, 7) is 1.04.